The van der Waals surface area contributed by atoms with E-state index in [9.17, 15) is 14.4 Å². The van der Waals surface area contributed by atoms with Crippen LogP contribution in [0.1, 0.15) is 16.8 Å². The minimum absolute atomic E-state index is 0.0437. The molecule has 0 bridgehead atoms. The van der Waals surface area contributed by atoms with Crippen LogP contribution in [0, 0.1) is 0 Å². The van der Waals surface area contributed by atoms with Gasteiger partial charge in [-0.25, -0.2) is 5.01 Å². The second kappa shape index (κ2) is 9.76. The molecule has 0 saturated carbocycles. The standard InChI is InChI=1S/C23H18ClN5O3S/c24-16-6-8-18(9-7-16)28-22(32)19(14-20(30)26-17-4-2-1-3-5-17)29(23(28)33)27-21(31)15-10-12-25-13-11-15/h1-13,19H,14H2,(H,26,30)(H,27,31). The Morgan fingerprint density at radius 3 is 2.33 bits per heavy atom. The fourth-order valence-corrected chi connectivity index (χ4v) is 3.81. The minimum atomic E-state index is -1.04. The van der Waals surface area contributed by atoms with Gasteiger partial charge in [0.05, 0.1) is 12.1 Å². The number of hydrogen-bond acceptors (Lipinski definition) is 5. The van der Waals surface area contributed by atoms with Crippen molar-refractivity contribution in [2.24, 2.45) is 0 Å². The molecule has 2 N–H and O–H groups in total. The largest absolute Gasteiger partial charge is 0.326 e. The number of aromatic nitrogens is 1. The highest BCUT2D eigenvalue weighted by Crippen LogP contribution is 2.27. The normalized spacial score (nSPS) is 15.5. The molecule has 2 heterocycles. The Bertz CT molecular complexity index is 1190. The van der Waals surface area contributed by atoms with Gasteiger partial charge in [-0.3, -0.25) is 29.7 Å². The quantitative estimate of drug-likeness (QED) is 0.526. The first-order valence-electron chi connectivity index (χ1n) is 9.92. The first kappa shape index (κ1) is 22.4. The summed E-state index contributed by atoms with van der Waals surface area (Å²) in [6.07, 6.45) is 2.73. The fraction of sp³-hybridized carbons (Fsp3) is 0.0870. The second-order valence-corrected chi connectivity index (χ2v) is 7.92. The third kappa shape index (κ3) is 5.00. The van der Waals surface area contributed by atoms with Crippen LogP contribution in [0.3, 0.4) is 0 Å². The summed E-state index contributed by atoms with van der Waals surface area (Å²) in [4.78, 5) is 44.0. The van der Waals surface area contributed by atoms with Crippen molar-refractivity contribution in [3.8, 4) is 0 Å². The lowest BCUT2D eigenvalue weighted by molar-refractivity contribution is -0.124. The fourth-order valence-electron chi connectivity index (χ4n) is 3.31. The molecule has 10 heteroatoms. The summed E-state index contributed by atoms with van der Waals surface area (Å²) in [5.41, 5.74) is 4.06. The Morgan fingerprint density at radius 2 is 1.67 bits per heavy atom. The first-order chi connectivity index (χ1) is 15.9. The van der Waals surface area contributed by atoms with Crippen molar-refractivity contribution in [2.45, 2.75) is 12.5 Å². The number of benzene rings is 2. The van der Waals surface area contributed by atoms with Crippen molar-refractivity contribution in [2.75, 3.05) is 10.2 Å². The number of hydrogen-bond donors (Lipinski definition) is 2. The predicted octanol–water partition coefficient (Wildman–Crippen LogP) is 3.41. The van der Waals surface area contributed by atoms with Crippen molar-refractivity contribution in [1.29, 1.82) is 0 Å². The smallest absolute Gasteiger partial charge is 0.269 e. The van der Waals surface area contributed by atoms with Crippen molar-refractivity contribution < 1.29 is 14.4 Å². The molecule has 0 aliphatic carbocycles. The second-order valence-electron chi connectivity index (χ2n) is 7.11. The number of para-hydroxylation sites is 1. The van der Waals surface area contributed by atoms with Crippen LogP contribution in [0.2, 0.25) is 5.02 Å². The maximum absolute atomic E-state index is 13.3. The van der Waals surface area contributed by atoms with E-state index in [0.29, 0.717) is 22.0 Å². The average molecular weight is 480 g/mol. The molecular formula is C23H18ClN5O3S. The zero-order valence-electron chi connectivity index (χ0n) is 17.1. The van der Waals surface area contributed by atoms with Crippen LogP contribution in [0.5, 0.6) is 0 Å². The molecule has 33 heavy (non-hydrogen) atoms. The highest BCUT2D eigenvalue weighted by atomic mass is 35.5. The summed E-state index contributed by atoms with van der Waals surface area (Å²) in [6, 6.07) is 17.4. The van der Waals surface area contributed by atoms with Crippen LogP contribution in [-0.4, -0.2) is 38.9 Å². The highest BCUT2D eigenvalue weighted by Gasteiger charge is 2.45. The zero-order valence-corrected chi connectivity index (χ0v) is 18.7. The van der Waals surface area contributed by atoms with Crippen molar-refractivity contribution in [3.63, 3.8) is 0 Å². The number of carbonyl (C=O) groups excluding carboxylic acids is 3. The predicted molar refractivity (Wildman–Crippen MR) is 129 cm³/mol. The lowest BCUT2D eigenvalue weighted by Crippen LogP contribution is -2.49. The molecule has 1 saturated heterocycles. The molecular weight excluding hydrogens is 462 g/mol. The number of nitrogens with zero attached hydrogens (tertiary/aromatic N) is 3. The lowest BCUT2D eigenvalue weighted by Gasteiger charge is -2.24. The number of anilines is 2. The number of carbonyl (C=O) groups is 3. The van der Waals surface area contributed by atoms with Gasteiger partial charge in [0.2, 0.25) is 11.0 Å². The summed E-state index contributed by atoms with van der Waals surface area (Å²) in [5.74, 6) is -1.33. The maximum atomic E-state index is 13.3. The van der Waals surface area contributed by atoms with Gasteiger partial charge in [0, 0.05) is 28.7 Å². The molecule has 4 rings (SSSR count). The molecule has 2 aromatic carbocycles. The monoisotopic (exact) mass is 479 g/mol. The highest BCUT2D eigenvalue weighted by molar-refractivity contribution is 7.80. The van der Waals surface area contributed by atoms with Crippen molar-refractivity contribution >= 4 is 58.0 Å². The van der Waals surface area contributed by atoms with Crippen LogP contribution in [0.25, 0.3) is 0 Å². The third-order valence-electron chi connectivity index (χ3n) is 4.90. The van der Waals surface area contributed by atoms with Crippen molar-refractivity contribution in [1.82, 2.24) is 15.4 Å². The number of hydrazine groups is 1. The first-order valence-corrected chi connectivity index (χ1v) is 10.7. The molecule has 0 radical (unpaired) electrons. The summed E-state index contributed by atoms with van der Waals surface area (Å²) in [6.45, 7) is 0. The number of nitrogens with one attached hydrogen (secondary N) is 2. The molecule has 1 aliphatic heterocycles. The molecule has 3 aromatic rings. The van der Waals surface area contributed by atoms with Crippen molar-refractivity contribution in [3.05, 3.63) is 89.7 Å². The van der Waals surface area contributed by atoms with Gasteiger partial charge in [-0.1, -0.05) is 29.8 Å². The van der Waals surface area contributed by atoms with E-state index >= 15 is 0 Å². The Labute approximate surface area is 200 Å². The molecule has 1 unspecified atom stereocenters. The molecule has 0 spiro atoms. The Hall–Kier alpha value is -3.82. The van der Waals surface area contributed by atoms with Crippen LogP contribution in [0.4, 0.5) is 11.4 Å². The number of rotatable bonds is 6. The summed E-state index contributed by atoms with van der Waals surface area (Å²) in [7, 11) is 0. The number of halogens is 1. The summed E-state index contributed by atoms with van der Waals surface area (Å²) >= 11 is 11.5. The van der Waals surface area contributed by atoms with Gasteiger partial charge >= 0.3 is 0 Å². The molecule has 1 atom stereocenters. The van der Waals surface area contributed by atoms with E-state index < -0.39 is 23.8 Å². The summed E-state index contributed by atoms with van der Waals surface area (Å²) < 4.78 is 0. The Balaban J connectivity index is 1.60. The van der Waals surface area contributed by atoms with Gasteiger partial charge < -0.3 is 5.32 Å². The number of amides is 3. The van der Waals surface area contributed by atoms with Crippen LogP contribution in [-0.2, 0) is 9.59 Å². The molecule has 1 fully saturated rings. The number of thiocarbonyl (C=S) groups is 1. The van der Waals surface area contributed by atoms with E-state index in [4.69, 9.17) is 23.8 Å². The van der Waals surface area contributed by atoms with Gasteiger partial charge in [-0.05, 0) is 60.7 Å². The van der Waals surface area contributed by atoms with E-state index in [1.165, 1.54) is 34.4 Å². The SMILES string of the molecule is O=C(CC1C(=O)N(c2ccc(Cl)cc2)C(=S)N1NC(=O)c1ccncc1)Nc1ccccc1. The maximum Gasteiger partial charge on any atom is 0.269 e. The van der Waals surface area contributed by atoms with E-state index in [1.54, 1.807) is 48.5 Å². The van der Waals surface area contributed by atoms with Gasteiger partial charge in [0.1, 0.15) is 6.04 Å². The van der Waals surface area contributed by atoms with E-state index in [0.717, 1.165) is 0 Å². The molecule has 8 nitrogen and oxygen atoms in total. The van der Waals surface area contributed by atoms with Gasteiger partial charge in [0.25, 0.3) is 11.8 Å². The molecule has 166 valence electrons. The molecule has 1 aliphatic rings. The lowest BCUT2D eigenvalue weighted by atomic mass is 10.1. The van der Waals surface area contributed by atoms with E-state index in [2.05, 4.69) is 15.7 Å². The van der Waals surface area contributed by atoms with Gasteiger partial charge in [-0.2, -0.15) is 0 Å². The van der Waals surface area contributed by atoms with Gasteiger partial charge in [-0.15, -0.1) is 0 Å². The van der Waals surface area contributed by atoms with E-state index in [1.807, 2.05) is 6.07 Å². The number of pyridine rings is 1. The third-order valence-corrected chi connectivity index (χ3v) is 5.53. The topological polar surface area (TPSA) is 94.6 Å². The van der Waals surface area contributed by atoms with Crippen LogP contribution < -0.4 is 15.6 Å². The van der Waals surface area contributed by atoms with Gasteiger partial charge in [0.15, 0.2) is 0 Å². The zero-order chi connectivity index (χ0) is 23.4. The molecule has 1 aromatic heterocycles. The Morgan fingerprint density at radius 1 is 1.00 bits per heavy atom. The van der Waals surface area contributed by atoms with Crippen LogP contribution >= 0.6 is 23.8 Å². The van der Waals surface area contributed by atoms with Crippen LogP contribution in [0.15, 0.2) is 79.1 Å². The Kier molecular flexibility index (Phi) is 6.62. The minimum Gasteiger partial charge on any atom is -0.326 e. The average Bonchev–Trinajstić information content (AvgIpc) is 3.05. The molecule has 3 amide bonds. The summed E-state index contributed by atoms with van der Waals surface area (Å²) in [5, 5.41) is 4.55. The van der Waals surface area contributed by atoms with E-state index in [-0.39, 0.29) is 11.5 Å².